The first-order valence-corrected chi connectivity index (χ1v) is 9.45. The molecule has 2 amide bonds. The number of benzene rings is 3. The first-order chi connectivity index (χ1) is 15.2. The van der Waals surface area contributed by atoms with Crippen LogP contribution in [0.5, 0.6) is 11.5 Å². The lowest BCUT2D eigenvalue weighted by molar-refractivity contribution is 0.262. The summed E-state index contributed by atoms with van der Waals surface area (Å²) >= 11 is 0. The highest BCUT2D eigenvalue weighted by Gasteiger charge is 2.12. The van der Waals surface area contributed by atoms with Gasteiger partial charge in [0.2, 0.25) is 11.8 Å². The summed E-state index contributed by atoms with van der Waals surface area (Å²) in [5.41, 5.74) is 2.68. The van der Waals surface area contributed by atoms with Crippen LogP contribution in [0.15, 0.2) is 77.2 Å². The van der Waals surface area contributed by atoms with E-state index in [1.807, 2.05) is 36.4 Å². The molecule has 0 bridgehead atoms. The topological polar surface area (TPSA) is 98.5 Å². The quantitative estimate of drug-likeness (QED) is 0.456. The van der Waals surface area contributed by atoms with Crippen LogP contribution in [-0.4, -0.2) is 30.4 Å². The maximum Gasteiger partial charge on any atom is 0.323 e. The van der Waals surface area contributed by atoms with Gasteiger partial charge in [-0.1, -0.05) is 24.3 Å². The van der Waals surface area contributed by atoms with E-state index in [-0.39, 0.29) is 0 Å². The van der Waals surface area contributed by atoms with Crippen molar-refractivity contribution in [1.82, 2.24) is 10.2 Å². The molecule has 0 aliphatic rings. The molecule has 2 N–H and O–H groups in total. The van der Waals surface area contributed by atoms with Gasteiger partial charge in [0.15, 0.2) is 11.5 Å². The third kappa shape index (κ3) is 4.64. The van der Waals surface area contributed by atoms with Gasteiger partial charge in [0.1, 0.15) is 0 Å². The molecule has 0 spiro atoms. The molecular weight excluding hydrogens is 396 g/mol. The van der Waals surface area contributed by atoms with Crippen molar-refractivity contribution in [2.45, 2.75) is 0 Å². The second-order valence-corrected chi connectivity index (χ2v) is 6.51. The smallest absolute Gasteiger partial charge is 0.323 e. The van der Waals surface area contributed by atoms with Crippen LogP contribution in [0.3, 0.4) is 0 Å². The summed E-state index contributed by atoms with van der Waals surface area (Å²) in [5, 5.41) is 13.8. The Morgan fingerprint density at radius 1 is 0.742 bits per heavy atom. The average Bonchev–Trinajstić information content (AvgIpc) is 3.30. The zero-order valence-electron chi connectivity index (χ0n) is 17.0. The number of hydrogen-bond donors (Lipinski definition) is 2. The van der Waals surface area contributed by atoms with E-state index in [1.165, 1.54) is 7.11 Å². The molecule has 0 fully saturated rings. The normalized spacial score (nSPS) is 10.4. The van der Waals surface area contributed by atoms with Crippen molar-refractivity contribution < 1.29 is 18.7 Å². The number of carbonyl (C=O) groups is 1. The van der Waals surface area contributed by atoms with Crippen molar-refractivity contribution in [2.24, 2.45) is 0 Å². The lowest BCUT2D eigenvalue weighted by atomic mass is 10.2. The largest absolute Gasteiger partial charge is 0.493 e. The SMILES string of the molecule is COc1ccc(NC(=O)Nc2cccc(-c3nnc(-c4ccccc4)o3)c2)cc1OC. The van der Waals surface area contributed by atoms with Gasteiger partial charge in [-0.2, -0.15) is 0 Å². The Kier molecular flexibility index (Phi) is 5.79. The fourth-order valence-electron chi connectivity index (χ4n) is 2.97. The monoisotopic (exact) mass is 416 g/mol. The molecule has 8 nitrogen and oxygen atoms in total. The predicted molar refractivity (Wildman–Crippen MR) is 117 cm³/mol. The van der Waals surface area contributed by atoms with Gasteiger partial charge in [-0.25, -0.2) is 4.79 Å². The van der Waals surface area contributed by atoms with Crippen LogP contribution in [0, 0.1) is 0 Å². The molecule has 0 aliphatic heterocycles. The van der Waals surface area contributed by atoms with Crippen molar-refractivity contribution in [3.63, 3.8) is 0 Å². The lowest BCUT2D eigenvalue weighted by Crippen LogP contribution is -2.19. The number of urea groups is 1. The van der Waals surface area contributed by atoms with E-state index in [9.17, 15) is 4.79 Å². The molecule has 0 radical (unpaired) electrons. The third-order valence-corrected chi connectivity index (χ3v) is 4.45. The first kappa shape index (κ1) is 20.0. The fourth-order valence-corrected chi connectivity index (χ4v) is 2.97. The minimum absolute atomic E-state index is 0.364. The van der Waals surface area contributed by atoms with Gasteiger partial charge >= 0.3 is 6.03 Å². The molecule has 31 heavy (non-hydrogen) atoms. The van der Waals surface area contributed by atoms with E-state index < -0.39 is 6.03 Å². The molecule has 156 valence electrons. The number of anilines is 2. The molecule has 8 heteroatoms. The average molecular weight is 416 g/mol. The third-order valence-electron chi connectivity index (χ3n) is 4.45. The van der Waals surface area contributed by atoms with Gasteiger partial charge in [0, 0.05) is 28.6 Å². The molecule has 3 aromatic carbocycles. The van der Waals surface area contributed by atoms with Crippen molar-refractivity contribution >= 4 is 17.4 Å². The summed E-state index contributed by atoms with van der Waals surface area (Å²) < 4.78 is 16.2. The zero-order chi connectivity index (χ0) is 21.6. The molecule has 0 saturated carbocycles. The number of nitrogens with one attached hydrogen (secondary N) is 2. The Labute approximate surface area is 178 Å². The van der Waals surface area contributed by atoms with Crippen molar-refractivity contribution in [2.75, 3.05) is 24.9 Å². The summed E-state index contributed by atoms with van der Waals surface area (Å²) in [6, 6.07) is 21.4. The minimum atomic E-state index is -0.403. The van der Waals surface area contributed by atoms with E-state index in [4.69, 9.17) is 13.9 Å². The molecule has 0 atom stereocenters. The molecule has 4 aromatic rings. The number of hydrogen-bond acceptors (Lipinski definition) is 6. The van der Waals surface area contributed by atoms with E-state index in [1.54, 1.807) is 43.5 Å². The van der Waals surface area contributed by atoms with Gasteiger partial charge < -0.3 is 24.5 Å². The molecule has 0 unspecified atom stereocenters. The number of methoxy groups -OCH3 is 2. The summed E-state index contributed by atoms with van der Waals surface area (Å²) in [7, 11) is 3.09. The molecule has 0 saturated heterocycles. The van der Waals surface area contributed by atoms with E-state index in [0.717, 1.165) is 5.56 Å². The number of aromatic nitrogens is 2. The van der Waals surface area contributed by atoms with Crippen LogP contribution < -0.4 is 20.1 Å². The fraction of sp³-hybridized carbons (Fsp3) is 0.0870. The Balaban J connectivity index is 1.46. The maximum absolute atomic E-state index is 12.4. The first-order valence-electron chi connectivity index (χ1n) is 9.45. The summed E-state index contributed by atoms with van der Waals surface area (Å²) in [5.74, 6) is 1.89. The summed E-state index contributed by atoms with van der Waals surface area (Å²) in [6.45, 7) is 0. The Morgan fingerprint density at radius 2 is 1.39 bits per heavy atom. The predicted octanol–water partition coefficient (Wildman–Crippen LogP) is 5.06. The van der Waals surface area contributed by atoms with Gasteiger partial charge in [-0.05, 0) is 42.5 Å². The Morgan fingerprint density at radius 3 is 2.10 bits per heavy atom. The molecular formula is C23H20N4O4. The molecule has 1 aromatic heterocycles. The number of nitrogens with zero attached hydrogens (tertiary/aromatic N) is 2. The van der Waals surface area contributed by atoms with E-state index >= 15 is 0 Å². The minimum Gasteiger partial charge on any atom is -0.493 e. The van der Waals surface area contributed by atoms with Crippen LogP contribution in [0.1, 0.15) is 0 Å². The number of rotatable bonds is 6. The number of ether oxygens (including phenoxy) is 2. The second kappa shape index (κ2) is 9.00. The van der Waals surface area contributed by atoms with Crippen LogP contribution in [0.4, 0.5) is 16.2 Å². The second-order valence-electron chi connectivity index (χ2n) is 6.51. The molecule has 4 rings (SSSR count). The zero-order valence-corrected chi connectivity index (χ0v) is 17.0. The van der Waals surface area contributed by atoms with Crippen LogP contribution in [-0.2, 0) is 0 Å². The summed E-state index contributed by atoms with van der Waals surface area (Å²) in [6.07, 6.45) is 0. The number of carbonyl (C=O) groups excluding carboxylic acids is 1. The Bertz CT molecular complexity index is 1190. The van der Waals surface area contributed by atoms with Gasteiger partial charge in [0.25, 0.3) is 0 Å². The highest BCUT2D eigenvalue weighted by Crippen LogP contribution is 2.30. The lowest BCUT2D eigenvalue weighted by Gasteiger charge is -2.11. The van der Waals surface area contributed by atoms with Gasteiger partial charge in [-0.15, -0.1) is 10.2 Å². The maximum atomic E-state index is 12.4. The highest BCUT2D eigenvalue weighted by molar-refractivity contribution is 6.00. The van der Waals surface area contributed by atoms with Gasteiger partial charge in [-0.3, -0.25) is 0 Å². The standard InChI is InChI=1S/C23H20N4O4/c1-29-19-12-11-18(14-20(19)30-2)25-23(28)24-17-10-6-9-16(13-17)22-27-26-21(31-22)15-7-4-3-5-8-15/h3-14H,1-2H3,(H2,24,25,28). The van der Waals surface area contributed by atoms with Crippen LogP contribution in [0.2, 0.25) is 0 Å². The van der Waals surface area contributed by atoms with Gasteiger partial charge in [0.05, 0.1) is 14.2 Å². The highest BCUT2D eigenvalue weighted by atomic mass is 16.5. The van der Waals surface area contributed by atoms with Crippen molar-refractivity contribution in [1.29, 1.82) is 0 Å². The molecule has 1 heterocycles. The Hall–Kier alpha value is -4.33. The van der Waals surface area contributed by atoms with E-state index in [2.05, 4.69) is 20.8 Å². The van der Waals surface area contributed by atoms with Crippen LogP contribution in [0.25, 0.3) is 22.9 Å². The van der Waals surface area contributed by atoms with Crippen molar-refractivity contribution in [3.05, 3.63) is 72.8 Å². The van der Waals surface area contributed by atoms with Crippen molar-refractivity contribution in [3.8, 4) is 34.4 Å². The molecule has 0 aliphatic carbocycles. The summed E-state index contributed by atoms with van der Waals surface area (Å²) in [4.78, 5) is 12.4. The van der Waals surface area contributed by atoms with E-state index in [0.29, 0.717) is 40.2 Å². The van der Waals surface area contributed by atoms with Crippen LogP contribution >= 0.6 is 0 Å². The number of amides is 2.